The van der Waals surface area contributed by atoms with E-state index in [1.54, 1.807) is 19.1 Å². The second-order valence-corrected chi connectivity index (χ2v) is 7.54. The van der Waals surface area contributed by atoms with Gasteiger partial charge in [-0.2, -0.15) is 0 Å². The lowest BCUT2D eigenvalue weighted by atomic mass is 10.1. The number of sulfonamides is 1. The predicted molar refractivity (Wildman–Crippen MR) is 82.4 cm³/mol. The number of rotatable bonds is 3. The number of aryl methyl sites for hydroxylation is 2. The van der Waals surface area contributed by atoms with Crippen molar-refractivity contribution in [1.82, 2.24) is 4.98 Å². The summed E-state index contributed by atoms with van der Waals surface area (Å²) in [6.45, 7) is 3.28. The van der Waals surface area contributed by atoms with Crippen LogP contribution in [0.2, 0.25) is 5.02 Å². The minimum atomic E-state index is -3.84. The SMILES string of the molecule is Cc1ccc(Cl)cc1C(=O)Nc1nc(C)c(S(N)(=O)=O)s1. The lowest BCUT2D eigenvalue weighted by Crippen LogP contribution is -2.13. The average molecular weight is 346 g/mol. The van der Waals surface area contributed by atoms with Gasteiger partial charge in [-0.15, -0.1) is 0 Å². The largest absolute Gasteiger partial charge is 0.298 e. The molecule has 0 spiro atoms. The molecule has 1 aromatic carbocycles. The van der Waals surface area contributed by atoms with E-state index >= 15 is 0 Å². The number of thiazole rings is 1. The van der Waals surface area contributed by atoms with E-state index in [1.165, 1.54) is 13.0 Å². The summed E-state index contributed by atoms with van der Waals surface area (Å²) < 4.78 is 22.6. The predicted octanol–water partition coefficient (Wildman–Crippen LogP) is 2.31. The van der Waals surface area contributed by atoms with Crippen LogP contribution in [0.5, 0.6) is 0 Å². The number of halogens is 1. The Labute approximate surface area is 131 Å². The van der Waals surface area contributed by atoms with Crippen molar-refractivity contribution in [3.05, 3.63) is 40.0 Å². The van der Waals surface area contributed by atoms with Crippen LogP contribution in [-0.2, 0) is 10.0 Å². The van der Waals surface area contributed by atoms with Crippen LogP contribution in [0.3, 0.4) is 0 Å². The van der Waals surface area contributed by atoms with E-state index in [4.69, 9.17) is 16.7 Å². The number of hydrogen-bond acceptors (Lipinski definition) is 5. The highest BCUT2D eigenvalue weighted by Gasteiger charge is 2.19. The van der Waals surface area contributed by atoms with Crippen molar-refractivity contribution >= 4 is 44.0 Å². The molecule has 0 unspecified atom stereocenters. The van der Waals surface area contributed by atoms with Gasteiger partial charge >= 0.3 is 0 Å². The van der Waals surface area contributed by atoms with Gasteiger partial charge in [-0.05, 0) is 31.5 Å². The molecule has 3 N–H and O–H groups in total. The minimum absolute atomic E-state index is 0.0689. The Morgan fingerprint density at radius 2 is 2.05 bits per heavy atom. The molecule has 0 saturated heterocycles. The van der Waals surface area contributed by atoms with E-state index in [9.17, 15) is 13.2 Å². The lowest BCUT2D eigenvalue weighted by molar-refractivity contribution is 0.102. The second-order valence-electron chi connectivity index (χ2n) is 4.35. The summed E-state index contributed by atoms with van der Waals surface area (Å²) in [7, 11) is -3.84. The molecule has 0 atom stereocenters. The highest BCUT2D eigenvalue weighted by atomic mass is 35.5. The van der Waals surface area contributed by atoms with Gasteiger partial charge in [-0.3, -0.25) is 10.1 Å². The first kappa shape index (κ1) is 15.9. The Morgan fingerprint density at radius 3 is 2.62 bits per heavy atom. The van der Waals surface area contributed by atoms with Crippen molar-refractivity contribution in [2.75, 3.05) is 5.32 Å². The van der Waals surface area contributed by atoms with E-state index in [-0.39, 0.29) is 15.0 Å². The maximum Gasteiger partial charge on any atom is 0.257 e. The summed E-state index contributed by atoms with van der Waals surface area (Å²) in [6, 6.07) is 4.94. The standard InChI is InChI=1S/C12H12ClN3O3S2/c1-6-3-4-8(13)5-9(6)10(17)16-12-15-7(2)11(20-12)21(14,18)19/h3-5H,1-2H3,(H2,14,18,19)(H,15,16,17). The van der Waals surface area contributed by atoms with Crippen molar-refractivity contribution in [2.45, 2.75) is 18.1 Å². The topological polar surface area (TPSA) is 102 Å². The lowest BCUT2D eigenvalue weighted by Gasteiger charge is -2.05. The molecule has 0 aliphatic carbocycles. The quantitative estimate of drug-likeness (QED) is 0.890. The van der Waals surface area contributed by atoms with Crippen molar-refractivity contribution in [3.63, 3.8) is 0 Å². The summed E-state index contributed by atoms with van der Waals surface area (Å²) >= 11 is 6.67. The number of primary sulfonamides is 1. The zero-order valence-corrected chi connectivity index (χ0v) is 13.6. The number of aromatic nitrogens is 1. The third-order valence-electron chi connectivity index (χ3n) is 2.68. The summed E-state index contributed by atoms with van der Waals surface area (Å²) in [5.41, 5.74) is 1.39. The molecule has 0 fully saturated rings. The number of benzene rings is 1. The van der Waals surface area contributed by atoms with Crippen LogP contribution in [0.4, 0.5) is 5.13 Å². The van der Waals surface area contributed by atoms with Crippen LogP contribution >= 0.6 is 22.9 Å². The van der Waals surface area contributed by atoms with Gasteiger partial charge in [-0.1, -0.05) is 29.0 Å². The summed E-state index contributed by atoms with van der Waals surface area (Å²) in [5, 5.41) is 8.22. The Balaban J connectivity index is 2.30. The molecule has 9 heteroatoms. The van der Waals surface area contributed by atoms with Crippen LogP contribution in [0.1, 0.15) is 21.6 Å². The fourth-order valence-corrected chi connectivity index (χ4v) is 3.73. The highest BCUT2D eigenvalue weighted by Crippen LogP contribution is 2.26. The monoisotopic (exact) mass is 345 g/mol. The third-order valence-corrected chi connectivity index (χ3v) is 5.54. The van der Waals surface area contributed by atoms with Crippen LogP contribution in [0.15, 0.2) is 22.4 Å². The first-order valence-corrected chi connectivity index (χ1v) is 8.50. The summed E-state index contributed by atoms with van der Waals surface area (Å²) in [4.78, 5) is 16.2. The molecule has 2 rings (SSSR count). The van der Waals surface area contributed by atoms with Gasteiger partial charge in [-0.25, -0.2) is 18.5 Å². The third kappa shape index (κ3) is 3.59. The van der Waals surface area contributed by atoms with Crippen LogP contribution < -0.4 is 10.5 Å². The first-order chi connectivity index (χ1) is 9.68. The van der Waals surface area contributed by atoms with E-state index < -0.39 is 15.9 Å². The number of hydrogen-bond donors (Lipinski definition) is 2. The fraction of sp³-hybridized carbons (Fsp3) is 0.167. The number of nitrogens with zero attached hydrogens (tertiary/aromatic N) is 1. The summed E-state index contributed by atoms with van der Waals surface area (Å²) in [5.74, 6) is -0.412. The molecule has 0 bridgehead atoms. The van der Waals surface area contributed by atoms with E-state index in [2.05, 4.69) is 10.3 Å². The molecule has 0 saturated carbocycles. The Morgan fingerprint density at radius 1 is 1.38 bits per heavy atom. The number of anilines is 1. The Hall–Kier alpha value is -1.48. The molecule has 1 amide bonds. The van der Waals surface area contributed by atoms with E-state index in [0.29, 0.717) is 10.6 Å². The first-order valence-electron chi connectivity index (χ1n) is 5.76. The van der Waals surface area contributed by atoms with Gasteiger partial charge in [0.2, 0.25) is 10.0 Å². The van der Waals surface area contributed by atoms with Crippen molar-refractivity contribution < 1.29 is 13.2 Å². The maximum atomic E-state index is 12.2. The second kappa shape index (κ2) is 5.72. The van der Waals surface area contributed by atoms with Gasteiger partial charge in [0, 0.05) is 10.6 Å². The molecule has 112 valence electrons. The molecular formula is C12H12ClN3O3S2. The van der Waals surface area contributed by atoms with Crippen molar-refractivity contribution in [3.8, 4) is 0 Å². The molecule has 0 aliphatic rings. The van der Waals surface area contributed by atoms with E-state index in [1.807, 2.05) is 0 Å². The van der Waals surface area contributed by atoms with E-state index in [0.717, 1.165) is 16.9 Å². The van der Waals surface area contributed by atoms with Gasteiger partial charge in [0.1, 0.15) is 0 Å². The molecular weight excluding hydrogens is 334 g/mol. The molecule has 2 aromatic rings. The Kier molecular flexibility index (Phi) is 4.33. The zero-order chi connectivity index (χ0) is 15.8. The normalized spacial score (nSPS) is 11.4. The Bertz CT molecular complexity index is 815. The van der Waals surface area contributed by atoms with Crippen molar-refractivity contribution in [1.29, 1.82) is 0 Å². The van der Waals surface area contributed by atoms with Crippen LogP contribution in [0.25, 0.3) is 0 Å². The van der Waals surface area contributed by atoms with Crippen LogP contribution in [-0.4, -0.2) is 19.3 Å². The van der Waals surface area contributed by atoms with Crippen LogP contribution in [0, 0.1) is 13.8 Å². The molecule has 6 nitrogen and oxygen atoms in total. The molecule has 21 heavy (non-hydrogen) atoms. The number of amides is 1. The van der Waals surface area contributed by atoms with Gasteiger partial charge in [0.05, 0.1) is 5.69 Å². The number of carbonyl (C=O) groups excluding carboxylic acids is 1. The number of carbonyl (C=O) groups is 1. The fourth-order valence-electron chi connectivity index (χ4n) is 1.70. The molecule has 0 radical (unpaired) electrons. The number of nitrogens with two attached hydrogens (primary N) is 1. The van der Waals surface area contributed by atoms with Crippen molar-refractivity contribution in [2.24, 2.45) is 5.14 Å². The molecule has 1 aromatic heterocycles. The maximum absolute atomic E-state index is 12.2. The van der Waals surface area contributed by atoms with Gasteiger partial charge < -0.3 is 0 Å². The molecule has 1 heterocycles. The zero-order valence-electron chi connectivity index (χ0n) is 11.2. The summed E-state index contributed by atoms with van der Waals surface area (Å²) in [6.07, 6.45) is 0. The smallest absolute Gasteiger partial charge is 0.257 e. The van der Waals surface area contributed by atoms with Gasteiger partial charge in [0.25, 0.3) is 5.91 Å². The minimum Gasteiger partial charge on any atom is -0.298 e. The highest BCUT2D eigenvalue weighted by molar-refractivity contribution is 7.91. The average Bonchev–Trinajstić information content (AvgIpc) is 2.73. The molecule has 0 aliphatic heterocycles. The van der Waals surface area contributed by atoms with Gasteiger partial charge in [0.15, 0.2) is 9.34 Å². The number of nitrogens with one attached hydrogen (secondary N) is 1.